The van der Waals surface area contributed by atoms with E-state index in [-0.39, 0.29) is 10.6 Å². The van der Waals surface area contributed by atoms with Crippen LogP contribution in [0.3, 0.4) is 0 Å². The average molecular weight is 452 g/mol. The van der Waals surface area contributed by atoms with Gasteiger partial charge in [0.15, 0.2) is 5.11 Å². The molecule has 0 unspecified atom stereocenters. The molecule has 1 heterocycles. The molecule has 31 heavy (non-hydrogen) atoms. The van der Waals surface area contributed by atoms with E-state index in [1.54, 1.807) is 12.1 Å². The Kier molecular flexibility index (Phi) is 6.39. The number of carbonyl (C=O) groups is 1. The summed E-state index contributed by atoms with van der Waals surface area (Å²) < 4.78 is 0. The highest BCUT2D eigenvalue weighted by Gasteiger charge is 2.20. The van der Waals surface area contributed by atoms with Crippen molar-refractivity contribution in [3.05, 3.63) is 83.4 Å². The van der Waals surface area contributed by atoms with Gasteiger partial charge in [-0.15, -0.1) is 0 Å². The molecule has 0 aliphatic carbocycles. The van der Waals surface area contributed by atoms with Gasteiger partial charge in [0, 0.05) is 37.6 Å². The molecule has 4 rings (SSSR count). The molecule has 0 radical (unpaired) electrons. The molecular weight excluding hydrogens is 430 g/mol. The van der Waals surface area contributed by atoms with E-state index in [0.717, 1.165) is 26.2 Å². The van der Waals surface area contributed by atoms with E-state index in [9.17, 15) is 4.79 Å². The van der Waals surface area contributed by atoms with Gasteiger partial charge in [0.1, 0.15) is 0 Å². The third kappa shape index (κ3) is 4.98. The van der Waals surface area contributed by atoms with Crippen molar-refractivity contribution in [3.63, 3.8) is 0 Å². The second kappa shape index (κ2) is 9.37. The fourth-order valence-corrected chi connectivity index (χ4v) is 4.21. The number of carboxylic acid groups (broad SMARTS) is 1. The summed E-state index contributed by atoms with van der Waals surface area (Å²) >= 11 is 11.6. The van der Waals surface area contributed by atoms with Gasteiger partial charge in [0.05, 0.1) is 10.6 Å². The Morgan fingerprint density at radius 3 is 2.29 bits per heavy atom. The first-order chi connectivity index (χ1) is 15.0. The number of benzene rings is 3. The number of hydrogen-bond donors (Lipinski definition) is 2. The first-order valence-electron chi connectivity index (χ1n) is 10.0. The maximum Gasteiger partial charge on any atom is 0.337 e. The number of rotatable bonds is 4. The molecule has 0 atom stereocenters. The predicted molar refractivity (Wildman–Crippen MR) is 130 cm³/mol. The topological polar surface area (TPSA) is 55.8 Å². The number of nitrogens with zero attached hydrogens (tertiary/aromatic N) is 2. The van der Waals surface area contributed by atoms with Gasteiger partial charge in [0.2, 0.25) is 0 Å². The largest absolute Gasteiger partial charge is 0.478 e. The number of carboxylic acids is 1. The van der Waals surface area contributed by atoms with Crippen LogP contribution in [0.4, 0.5) is 11.4 Å². The molecule has 3 aromatic carbocycles. The van der Waals surface area contributed by atoms with Crippen LogP contribution in [0.1, 0.15) is 10.4 Å². The molecule has 0 saturated carbocycles. The lowest BCUT2D eigenvalue weighted by Gasteiger charge is -2.37. The minimum atomic E-state index is -1.05. The zero-order valence-electron chi connectivity index (χ0n) is 16.8. The second-order valence-corrected chi connectivity index (χ2v) is 8.11. The average Bonchev–Trinajstić information content (AvgIpc) is 2.79. The van der Waals surface area contributed by atoms with Crippen molar-refractivity contribution in [2.24, 2.45) is 0 Å². The van der Waals surface area contributed by atoms with Crippen LogP contribution in [0.5, 0.6) is 0 Å². The van der Waals surface area contributed by atoms with Gasteiger partial charge in [0.25, 0.3) is 0 Å². The minimum absolute atomic E-state index is 0.0736. The number of hydrogen-bond acceptors (Lipinski definition) is 3. The molecule has 7 heteroatoms. The summed E-state index contributed by atoms with van der Waals surface area (Å²) in [5.41, 5.74) is 4.37. The summed E-state index contributed by atoms with van der Waals surface area (Å²) in [6.45, 7) is 3.31. The Balaban J connectivity index is 1.37. The van der Waals surface area contributed by atoms with Crippen LogP contribution < -0.4 is 10.2 Å². The Labute approximate surface area is 191 Å². The van der Waals surface area contributed by atoms with Crippen LogP contribution in [0.2, 0.25) is 5.02 Å². The van der Waals surface area contributed by atoms with E-state index < -0.39 is 5.97 Å². The molecule has 1 saturated heterocycles. The van der Waals surface area contributed by atoms with Gasteiger partial charge < -0.3 is 20.2 Å². The van der Waals surface area contributed by atoms with E-state index in [4.69, 9.17) is 28.9 Å². The van der Waals surface area contributed by atoms with Crippen LogP contribution in [0.15, 0.2) is 72.8 Å². The summed E-state index contributed by atoms with van der Waals surface area (Å²) in [6.07, 6.45) is 0. The monoisotopic (exact) mass is 451 g/mol. The smallest absolute Gasteiger partial charge is 0.337 e. The molecule has 2 N–H and O–H groups in total. The summed E-state index contributed by atoms with van der Waals surface area (Å²) in [5.74, 6) is -1.05. The van der Waals surface area contributed by atoms with Gasteiger partial charge >= 0.3 is 5.97 Å². The van der Waals surface area contributed by atoms with Crippen molar-refractivity contribution in [2.45, 2.75) is 0 Å². The highest BCUT2D eigenvalue weighted by Crippen LogP contribution is 2.26. The van der Waals surface area contributed by atoms with Crippen LogP contribution in [-0.4, -0.2) is 47.3 Å². The van der Waals surface area contributed by atoms with Crippen molar-refractivity contribution >= 4 is 46.3 Å². The van der Waals surface area contributed by atoms with Crippen molar-refractivity contribution in [2.75, 3.05) is 36.4 Å². The molecule has 158 valence electrons. The van der Waals surface area contributed by atoms with E-state index in [1.807, 2.05) is 6.07 Å². The lowest BCUT2D eigenvalue weighted by atomic mass is 10.0. The maximum atomic E-state index is 11.1. The number of thiocarbonyl (C=S) groups is 1. The molecule has 1 fully saturated rings. The molecule has 0 bridgehead atoms. The van der Waals surface area contributed by atoms with Crippen molar-refractivity contribution in [3.8, 4) is 11.1 Å². The fourth-order valence-electron chi connectivity index (χ4n) is 3.65. The molecule has 3 aromatic rings. The lowest BCUT2D eigenvalue weighted by molar-refractivity contribution is 0.0697. The predicted octanol–water partition coefficient (Wildman–Crippen LogP) is 5.22. The number of piperazine rings is 1. The van der Waals surface area contributed by atoms with E-state index in [2.05, 4.69) is 63.6 Å². The van der Waals surface area contributed by atoms with Gasteiger partial charge in [-0.05, 0) is 53.7 Å². The number of nitrogens with one attached hydrogen (secondary N) is 1. The van der Waals surface area contributed by atoms with Crippen LogP contribution >= 0.6 is 23.8 Å². The van der Waals surface area contributed by atoms with Gasteiger partial charge in [-0.3, -0.25) is 0 Å². The standard InChI is InChI=1S/C24H22ClN3O2S/c25-22-16-19(9-10-21(22)23(29)30)26-24(31)28-13-11-27(12-14-28)20-8-4-7-18(15-20)17-5-2-1-3-6-17/h1-10,15-16H,11-14H2,(H,26,31)(H,29,30). The molecule has 1 aliphatic rings. The van der Waals surface area contributed by atoms with E-state index in [1.165, 1.54) is 22.9 Å². The van der Waals surface area contributed by atoms with Crippen molar-refractivity contribution in [1.29, 1.82) is 0 Å². The Bertz CT molecular complexity index is 1100. The highest BCUT2D eigenvalue weighted by molar-refractivity contribution is 7.80. The summed E-state index contributed by atoms with van der Waals surface area (Å²) in [6, 6.07) is 23.7. The molecule has 0 spiro atoms. The van der Waals surface area contributed by atoms with Crippen molar-refractivity contribution in [1.82, 2.24) is 4.90 Å². The van der Waals surface area contributed by atoms with Gasteiger partial charge in [-0.2, -0.15) is 0 Å². The Hall–Kier alpha value is -3.09. The Morgan fingerprint density at radius 1 is 0.903 bits per heavy atom. The third-order valence-electron chi connectivity index (χ3n) is 5.34. The molecule has 0 aromatic heterocycles. The number of aromatic carboxylic acids is 1. The SMILES string of the molecule is O=C(O)c1ccc(NC(=S)N2CCN(c3cccc(-c4ccccc4)c3)CC2)cc1Cl. The van der Waals surface area contributed by atoms with Crippen LogP contribution in [0.25, 0.3) is 11.1 Å². The first kappa shape index (κ1) is 21.2. The zero-order chi connectivity index (χ0) is 21.8. The van der Waals surface area contributed by atoms with Crippen molar-refractivity contribution < 1.29 is 9.90 Å². The van der Waals surface area contributed by atoms with Gasteiger partial charge in [-0.25, -0.2) is 4.79 Å². The van der Waals surface area contributed by atoms with Crippen LogP contribution in [-0.2, 0) is 0 Å². The normalized spacial score (nSPS) is 13.7. The van der Waals surface area contributed by atoms with E-state index >= 15 is 0 Å². The third-order valence-corrected chi connectivity index (χ3v) is 6.01. The quantitative estimate of drug-likeness (QED) is 0.530. The zero-order valence-corrected chi connectivity index (χ0v) is 18.4. The minimum Gasteiger partial charge on any atom is -0.478 e. The highest BCUT2D eigenvalue weighted by atomic mass is 35.5. The second-order valence-electron chi connectivity index (χ2n) is 7.32. The number of anilines is 2. The molecule has 5 nitrogen and oxygen atoms in total. The summed E-state index contributed by atoms with van der Waals surface area (Å²) in [7, 11) is 0. The van der Waals surface area contributed by atoms with Crippen LogP contribution in [0, 0.1) is 0 Å². The number of halogens is 1. The van der Waals surface area contributed by atoms with E-state index in [0.29, 0.717) is 10.8 Å². The molecule has 1 aliphatic heterocycles. The molecule has 0 amide bonds. The first-order valence-corrected chi connectivity index (χ1v) is 10.8. The Morgan fingerprint density at radius 2 is 1.61 bits per heavy atom. The lowest BCUT2D eigenvalue weighted by Crippen LogP contribution is -2.50. The fraction of sp³-hybridized carbons (Fsp3) is 0.167. The van der Waals surface area contributed by atoms with Gasteiger partial charge in [-0.1, -0.05) is 54.1 Å². The summed E-state index contributed by atoms with van der Waals surface area (Å²) in [4.78, 5) is 15.6. The maximum absolute atomic E-state index is 11.1. The molecular formula is C24H22ClN3O2S. The summed E-state index contributed by atoms with van der Waals surface area (Å²) in [5, 5.41) is 13.1.